The van der Waals surface area contributed by atoms with E-state index in [1.165, 1.54) is 20.3 Å². The van der Waals surface area contributed by atoms with E-state index >= 15 is 0 Å². The number of carbonyl (C=O) groups excluding carboxylic acids is 3. The van der Waals surface area contributed by atoms with Crippen molar-refractivity contribution in [1.82, 2.24) is 19.3 Å². The number of nitrogens with two attached hydrogens (primary N) is 2. The third kappa shape index (κ3) is 6.24. The summed E-state index contributed by atoms with van der Waals surface area (Å²) >= 11 is 0. The third-order valence-electron chi connectivity index (χ3n) is 6.58. The van der Waals surface area contributed by atoms with Crippen LogP contribution in [-0.2, 0) is 17.8 Å². The summed E-state index contributed by atoms with van der Waals surface area (Å²) in [4.78, 5) is 41.4. The van der Waals surface area contributed by atoms with Crippen LogP contribution >= 0.6 is 0 Å². The van der Waals surface area contributed by atoms with Crippen LogP contribution in [0.1, 0.15) is 56.7 Å². The predicted octanol–water partition coefficient (Wildman–Crippen LogP) is 3.18. The van der Waals surface area contributed by atoms with E-state index in [1.807, 2.05) is 18.4 Å². The van der Waals surface area contributed by atoms with Gasteiger partial charge >= 0.3 is 5.97 Å². The Morgan fingerprint density at radius 1 is 1.05 bits per heavy atom. The van der Waals surface area contributed by atoms with Crippen molar-refractivity contribution in [2.24, 2.45) is 5.73 Å². The number of nitrogens with zero attached hydrogens (tertiary/aromatic N) is 4. The van der Waals surface area contributed by atoms with Crippen molar-refractivity contribution in [2.75, 3.05) is 37.1 Å². The molecule has 13 nitrogen and oxygen atoms in total. The van der Waals surface area contributed by atoms with E-state index < -0.39 is 11.9 Å². The number of esters is 1. The molecule has 0 saturated heterocycles. The number of rotatable bonds is 12. The Bertz CT molecular complexity index is 1610. The number of imidazole rings is 1. The second kappa shape index (κ2) is 12.4. The fourth-order valence-electron chi connectivity index (χ4n) is 4.57. The summed E-state index contributed by atoms with van der Waals surface area (Å²) in [5.74, 6) is -0.615. The average molecular weight is 563 g/mol. The number of primary amides is 1. The Morgan fingerprint density at radius 3 is 2.51 bits per heavy atom. The number of benzene rings is 2. The molecule has 0 radical (unpaired) electrons. The number of aryl methyl sites for hydroxylation is 3. The highest BCUT2D eigenvalue weighted by molar-refractivity contribution is 6.03. The van der Waals surface area contributed by atoms with Crippen LogP contribution in [0.3, 0.4) is 0 Å². The molecule has 0 atom stereocenters. The summed E-state index contributed by atoms with van der Waals surface area (Å²) < 4.78 is 13.7. The van der Waals surface area contributed by atoms with Crippen molar-refractivity contribution >= 4 is 46.1 Å². The number of amides is 2. The van der Waals surface area contributed by atoms with Crippen LogP contribution in [0.4, 0.5) is 17.3 Å². The molecule has 6 N–H and O–H groups in total. The molecule has 0 fully saturated rings. The SMILES string of the molecule is CCn1nc(C)cc1C(=O)Nc1nc2cc(C(N)=O)ccc2n1CCCCNc1c(N)cc(C(=O)OC)cc1OC. The number of ether oxygens (including phenoxy) is 2. The second-order valence-electron chi connectivity index (χ2n) is 9.36. The van der Waals surface area contributed by atoms with Gasteiger partial charge in [0.25, 0.3) is 5.91 Å². The molecular weight excluding hydrogens is 528 g/mol. The lowest BCUT2D eigenvalue weighted by Crippen LogP contribution is -2.20. The summed E-state index contributed by atoms with van der Waals surface area (Å²) in [6, 6.07) is 9.85. The van der Waals surface area contributed by atoms with E-state index in [0.29, 0.717) is 71.5 Å². The lowest BCUT2D eigenvalue weighted by molar-refractivity contribution is 0.0600. The van der Waals surface area contributed by atoms with Crippen molar-refractivity contribution < 1.29 is 23.9 Å². The minimum absolute atomic E-state index is 0.297. The summed E-state index contributed by atoms with van der Waals surface area (Å²) in [5, 5.41) is 10.5. The molecule has 0 aliphatic rings. The van der Waals surface area contributed by atoms with E-state index in [4.69, 9.17) is 20.9 Å². The third-order valence-corrected chi connectivity index (χ3v) is 6.58. The predicted molar refractivity (Wildman–Crippen MR) is 155 cm³/mol. The summed E-state index contributed by atoms with van der Waals surface area (Å²) in [5.41, 5.74) is 15.7. The number of nitrogens with one attached hydrogen (secondary N) is 2. The van der Waals surface area contributed by atoms with Crippen LogP contribution < -0.4 is 26.8 Å². The molecule has 2 amide bonds. The molecule has 41 heavy (non-hydrogen) atoms. The second-order valence-corrected chi connectivity index (χ2v) is 9.36. The Hall–Kier alpha value is -5.07. The molecule has 13 heteroatoms. The first-order valence-electron chi connectivity index (χ1n) is 13.1. The molecule has 0 aliphatic heterocycles. The lowest BCUT2D eigenvalue weighted by atomic mass is 10.1. The Labute approximate surface area is 236 Å². The van der Waals surface area contributed by atoms with Gasteiger partial charge in [0, 0.05) is 25.2 Å². The van der Waals surface area contributed by atoms with Crippen LogP contribution in [0.15, 0.2) is 36.4 Å². The van der Waals surface area contributed by atoms with E-state index in [2.05, 4.69) is 20.7 Å². The number of hydrogen-bond acceptors (Lipinski definition) is 9. The van der Waals surface area contributed by atoms with Gasteiger partial charge in [0.1, 0.15) is 17.1 Å². The average Bonchev–Trinajstić information content (AvgIpc) is 3.51. The Kier molecular flexibility index (Phi) is 8.75. The number of hydrogen-bond donors (Lipinski definition) is 4. The number of carbonyl (C=O) groups is 3. The first-order valence-corrected chi connectivity index (χ1v) is 13.1. The summed E-state index contributed by atoms with van der Waals surface area (Å²) in [7, 11) is 2.80. The van der Waals surface area contributed by atoms with Gasteiger partial charge in [-0.15, -0.1) is 0 Å². The quantitative estimate of drug-likeness (QED) is 0.114. The van der Waals surface area contributed by atoms with Crippen molar-refractivity contribution in [3.63, 3.8) is 0 Å². The number of nitrogen functional groups attached to an aromatic ring is 1. The highest BCUT2D eigenvalue weighted by Gasteiger charge is 2.19. The number of aromatic nitrogens is 4. The van der Waals surface area contributed by atoms with E-state index in [1.54, 1.807) is 35.0 Å². The maximum atomic E-state index is 13.2. The molecule has 0 aliphatic carbocycles. The minimum Gasteiger partial charge on any atom is -0.494 e. The topological polar surface area (TPSA) is 181 Å². The molecule has 0 unspecified atom stereocenters. The van der Waals surface area contributed by atoms with Crippen LogP contribution in [0.2, 0.25) is 0 Å². The molecule has 216 valence electrons. The van der Waals surface area contributed by atoms with Gasteiger partial charge in [-0.3, -0.25) is 19.6 Å². The molecule has 2 aromatic heterocycles. The van der Waals surface area contributed by atoms with Crippen LogP contribution in [-0.4, -0.2) is 57.9 Å². The van der Waals surface area contributed by atoms with Gasteiger partial charge in [-0.2, -0.15) is 5.10 Å². The fraction of sp³-hybridized carbons (Fsp3) is 0.321. The van der Waals surface area contributed by atoms with Gasteiger partial charge in [0.2, 0.25) is 11.9 Å². The van der Waals surface area contributed by atoms with Crippen molar-refractivity contribution in [1.29, 1.82) is 0 Å². The highest BCUT2D eigenvalue weighted by atomic mass is 16.5. The van der Waals surface area contributed by atoms with Crippen molar-refractivity contribution in [3.8, 4) is 5.75 Å². The molecular formula is C28H34N8O5. The molecule has 0 bridgehead atoms. The smallest absolute Gasteiger partial charge is 0.338 e. The van der Waals surface area contributed by atoms with Crippen LogP contribution in [0, 0.1) is 6.92 Å². The number of fused-ring (bicyclic) bond motifs is 1. The van der Waals surface area contributed by atoms with E-state index in [9.17, 15) is 14.4 Å². The normalized spacial score (nSPS) is 10.9. The zero-order valence-corrected chi connectivity index (χ0v) is 23.5. The van der Waals surface area contributed by atoms with E-state index in [-0.39, 0.29) is 5.91 Å². The van der Waals surface area contributed by atoms with Gasteiger partial charge in [-0.1, -0.05) is 0 Å². The Balaban J connectivity index is 1.50. The van der Waals surface area contributed by atoms with Gasteiger partial charge in [-0.25, -0.2) is 9.78 Å². The fourth-order valence-corrected chi connectivity index (χ4v) is 4.57. The number of unbranched alkanes of at least 4 members (excludes halogenated alkanes) is 1. The van der Waals surface area contributed by atoms with Crippen LogP contribution in [0.25, 0.3) is 11.0 Å². The first kappa shape index (κ1) is 28.9. The lowest BCUT2D eigenvalue weighted by Gasteiger charge is -2.15. The largest absolute Gasteiger partial charge is 0.494 e. The maximum absolute atomic E-state index is 13.2. The minimum atomic E-state index is -0.560. The van der Waals surface area contributed by atoms with Gasteiger partial charge < -0.3 is 30.8 Å². The molecule has 2 heterocycles. The monoisotopic (exact) mass is 562 g/mol. The molecule has 0 saturated carbocycles. The van der Waals surface area contributed by atoms with Gasteiger partial charge in [0.15, 0.2) is 0 Å². The molecule has 4 rings (SSSR count). The van der Waals surface area contributed by atoms with E-state index in [0.717, 1.165) is 17.6 Å². The molecule has 0 spiro atoms. The van der Waals surface area contributed by atoms with Gasteiger partial charge in [0.05, 0.1) is 42.2 Å². The summed E-state index contributed by atoms with van der Waals surface area (Å²) in [6.45, 7) is 5.38. The van der Waals surface area contributed by atoms with Crippen molar-refractivity contribution in [2.45, 2.75) is 39.8 Å². The molecule has 2 aromatic carbocycles. The standard InChI is InChI=1S/C28H34N8O5/c1-5-36-22(12-16(2)34-36)26(38)33-28-32-20-14-17(25(30)37)8-9-21(20)35(28)11-7-6-10-31-24-19(29)13-18(27(39)41-4)15-23(24)40-3/h8-9,12-15,31H,5-7,10-11,29H2,1-4H3,(H2,30,37)(H,32,33,38). The van der Waals surface area contributed by atoms with Gasteiger partial charge in [-0.05, 0) is 63.1 Å². The first-order chi connectivity index (χ1) is 19.7. The number of anilines is 3. The number of methoxy groups -OCH3 is 2. The van der Waals surface area contributed by atoms with Crippen molar-refractivity contribution in [3.05, 3.63) is 58.9 Å². The summed E-state index contributed by atoms with van der Waals surface area (Å²) in [6.07, 6.45) is 1.45. The Morgan fingerprint density at radius 2 is 1.83 bits per heavy atom. The maximum Gasteiger partial charge on any atom is 0.338 e. The molecule has 4 aromatic rings. The zero-order chi connectivity index (χ0) is 29.7. The highest BCUT2D eigenvalue weighted by Crippen LogP contribution is 2.33. The zero-order valence-electron chi connectivity index (χ0n) is 23.5. The van der Waals surface area contributed by atoms with Crippen LogP contribution in [0.5, 0.6) is 5.75 Å².